The van der Waals surface area contributed by atoms with Crippen molar-refractivity contribution >= 4 is 79.6 Å². The van der Waals surface area contributed by atoms with E-state index < -0.39 is 11.4 Å². The number of carboxylic acids is 1. The maximum atomic E-state index is 13.8. The molecule has 1 saturated heterocycles. The lowest BCUT2D eigenvalue weighted by Crippen LogP contribution is -2.41. The van der Waals surface area contributed by atoms with E-state index in [-0.39, 0.29) is 36.2 Å². The van der Waals surface area contributed by atoms with Crippen LogP contribution in [-0.4, -0.2) is 72.4 Å². The predicted octanol–water partition coefficient (Wildman–Crippen LogP) is 8.73. The van der Waals surface area contributed by atoms with Crippen LogP contribution < -0.4 is 24.3 Å². The van der Waals surface area contributed by atoms with E-state index in [1.54, 1.807) is 24.1 Å². The van der Waals surface area contributed by atoms with Crippen molar-refractivity contribution in [3.8, 4) is 5.75 Å². The van der Waals surface area contributed by atoms with Gasteiger partial charge in [-0.2, -0.15) is 0 Å². The first-order valence-electron chi connectivity index (χ1n) is 19.6. The number of benzene rings is 4. The van der Waals surface area contributed by atoms with E-state index in [0.717, 1.165) is 34.4 Å². The summed E-state index contributed by atoms with van der Waals surface area (Å²) in [6.07, 6.45) is 9.85. The first-order chi connectivity index (χ1) is 28.1. The molecule has 0 spiro atoms. The molecule has 0 bridgehead atoms. The van der Waals surface area contributed by atoms with Crippen LogP contribution >= 0.6 is 24.0 Å². The Morgan fingerprint density at radius 1 is 0.915 bits per heavy atom. The predicted molar refractivity (Wildman–Crippen MR) is 242 cm³/mol. The Bertz CT molecular complexity index is 2570. The molecule has 1 N–H and O–H groups in total. The molecule has 1 fully saturated rings. The first-order valence-corrected chi connectivity index (χ1v) is 20.8. The zero-order valence-electron chi connectivity index (χ0n) is 34.2. The number of anilines is 4. The number of ether oxygens (including phenoxy) is 1. The van der Waals surface area contributed by atoms with Crippen molar-refractivity contribution in [2.75, 3.05) is 53.8 Å². The lowest BCUT2D eigenvalue weighted by molar-refractivity contribution is -0.136. The van der Waals surface area contributed by atoms with Crippen LogP contribution in [0.2, 0.25) is 0 Å². The van der Waals surface area contributed by atoms with Crippen LogP contribution in [0.4, 0.5) is 22.7 Å². The normalized spacial score (nSPS) is 21.0. The number of hydrogen-bond donors (Lipinski definition) is 1. The van der Waals surface area contributed by atoms with Crippen molar-refractivity contribution < 1.29 is 24.2 Å². The molecular weight excluding hydrogens is 779 g/mol. The summed E-state index contributed by atoms with van der Waals surface area (Å²) in [5.41, 5.74) is 6.49. The number of likely N-dealkylation sites (N-methyl/N-ethyl adjacent to an activating group) is 2. The Morgan fingerprint density at radius 2 is 1.64 bits per heavy atom. The van der Waals surface area contributed by atoms with E-state index >= 15 is 0 Å². The monoisotopic (exact) mass is 825 g/mol. The number of thiocarbonyl (C=S) groups is 1. The number of para-hydroxylation sites is 2. The third kappa shape index (κ3) is 6.87. The fourth-order valence-corrected chi connectivity index (χ4v) is 10.1. The van der Waals surface area contributed by atoms with E-state index in [4.69, 9.17) is 17.0 Å². The molecule has 0 aromatic heterocycles. The highest BCUT2D eigenvalue weighted by molar-refractivity contribution is 8.26. The van der Waals surface area contributed by atoms with Crippen molar-refractivity contribution in [1.29, 1.82) is 0 Å². The van der Waals surface area contributed by atoms with Gasteiger partial charge in [-0.05, 0) is 70.4 Å². The lowest BCUT2D eigenvalue weighted by atomic mass is 9.79. The summed E-state index contributed by atoms with van der Waals surface area (Å²) in [6.45, 7) is 8.94. The second kappa shape index (κ2) is 15.1. The topological polar surface area (TPSA) is 96.9 Å². The minimum atomic E-state index is -0.866. The SMILES string of the molecule is CN(C(=O)CN1C(=O)/C(=C\C=C2\Oc3ccccc3N2C)SC1=S)c1ccc2c(c1)C(C)(C)C(/C=C/C=C1/N(C)c3ccc4ccccc4c3C1(C)C)N2CCC(=O)O. The van der Waals surface area contributed by atoms with Crippen LogP contribution in [0.3, 0.4) is 0 Å². The molecule has 4 heterocycles. The maximum Gasteiger partial charge on any atom is 0.305 e. The number of aliphatic carboxylic acids is 1. The summed E-state index contributed by atoms with van der Waals surface area (Å²) in [7, 11) is 5.70. The van der Waals surface area contributed by atoms with Crippen LogP contribution in [0, 0.1) is 0 Å². The number of carbonyl (C=O) groups excluding carboxylic acids is 2. The van der Waals surface area contributed by atoms with Gasteiger partial charge in [-0.1, -0.05) is 106 Å². The van der Waals surface area contributed by atoms with Crippen molar-refractivity contribution in [3.05, 3.63) is 137 Å². The smallest absolute Gasteiger partial charge is 0.305 e. The molecule has 8 rings (SSSR count). The average molecular weight is 826 g/mol. The van der Waals surface area contributed by atoms with Gasteiger partial charge >= 0.3 is 5.97 Å². The fourth-order valence-electron chi connectivity index (χ4n) is 8.91. The molecule has 302 valence electrons. The average Bonchev–Trinajstić information content (AvgIpc) is 3.82. The number of fused-ring (bicyclic) bond motifs is 5. The van der Waals surface area contributed by atoms with Gasteiger partial charge in [-0.25, -0.2) is 0 Å². The van der Waals surface area contributed by atoms with Crippen molar-refractivity contribution in [2.24, 2.45) is 0 Å². The number of carbonyl (C=O) groups is 3. The fraction of sp³-hybridized carbons (Fsp3) is 0.277. The number of thioether (sulfide) groups is 1. The molecule has 1 unspecified atom stereocenters. The zero-order chi connectivity index (χ0) is 42.0. The van der Waals surface area contributed by atoms with Gasteiger partial charge in [0.25, 0.3) is 5.91 Å². The first kappa shape index (κ1) is 40.0. The Labute approximate surface area is 354 Å². The molecule has 2 amide bonds. The van der Waals surface area contributed by atoms with Gasteiger partial charge in [0.1, 0.15) is 10.9 Å². The molecule has 4 aromatic carbocycles. The molecule has 10 nitrogen and oxygen atoms in total. The summed E-state index contributed by atoms with van der Waals surface area (Å²) < 4.78 is 6.26. The summed E-state index contributed by atoms with van der Waals surface area (Å²) in [5, 5.41) is 12.2. The van der Waals surface area contributed by atoms with Crippen molar-refractivity contribution in [1.82, 2.24) is 4.90 Å². The van der Waals surface area contributed by atoms with E-state index in [1.165, 1.54) is 32.6 Å². The van der Waals surface area contributed by atoms with Crippen molar-refractivity contribution in [2.45, 2.75) is 51.0 Å². The van der Waals surface area contributed by atoms with E-state index in [2.05, 4.69) is 99.2 Å². The molecule has 59 heavy (non-hydrogen) atoms. The van der Waals surface area contributed by atoms with E-state index in [0.29, 0.717) is 27.3 Å². The minimum absolute atomic E-state index is 0.0219. The number of rotatable bonds is 9. The summed E-state index contributed by atoms with van der Waals surface area (Å²) in [5.74, 6) is -0.188. The van der Waals surface area contributed by atoms with Crippen LogP contribution in [0.25, 0.3) is 10.8 Å². The van der Waals surface area contributed by atoms with Crippen LogP contribution in [0.1, 0.15) is 45.2 Å². The molecule has 4 aliphatic heterocycles. The number of carboxylic acid groups (broad SMARTS) is 1. The third-order valence-electron chi connectivity index (χ3n) is 12.1. The Hall–Kier alpha value is -5.85. The van der Waals surface area contributed by atoms with E-state index in [1.807, 2.05) is 54.4 Å². The Morgan fingerprint density at radius 3 is 2.41 bits per heavy atom. The second-order valence-corrected chi connectivity index (χ2v) is 18.1. The summed E-state index contributed by atoms with van der Waals surface area (Å²) >= 11 is 6.72. The third-order valence-corrected chi connectivity index (χ3v) is 13.5. The standard InChI is InChI=1S/C47H47N5O5S2/c1-46(2)32-27-30(48(5)40(53)28-52-44(56)37(59-45(52)58)23-24-41-50(7)34-15-10-11-16-36(34)57-41)20-22-33(32)51(26-25-42(54)55)39(46)18-12-17-38-47(3,4)43-31-14-9-8-13-29(31)19-21-35(43)49(38)6/h8-24,27,39H,25-26,28H2,1-7H3,(H,54,55)/b18-12+,37-23+,38-17+,41-24+. The maximum absolute atomic E-state index is 13.8. The van der Waals surface area contributed by atoms with Gasteiger partial charge in [0, 0.05) is 67.4 Å². The lowest BCUT2D eigenvalue weighted by Gasteiger charge is -2.32. The molecule has 1 atom stereocenters. The molecule has 0 radical (unpaired) electrons. The second-order valence-electron chi connectivity index (χ2n) is 16.4. The molecular formula is C47H47N5O5S2. The number of nitrogens with zero attached hydrogens (tertiary/aromatic N) is 5. The van der Waals surface area contributed by atoms with Gasteiger partial charge in [0.15, 0.2) is 11.6 Å². The number of hydrogen-bond acceptors (Lipinski definition) is 9. The molecule has 0 saturated carbocycles. The number of allylic oxidation sites excluding steroid dienone is 5. The number of amides is 2. The Kier molecular flexibility index (Phi) is 10.2. The van der Waals surface area contributed by atoms with Crippen molar-refractivity contribution in [3.63, 3.8) is 0 Å². The molecule has 4 aliphatic rings. The van der Waals surface area contributed by atoms with Gasteiger partial charge in [0.2, 0.25) is 5.91 Å². The van der Waals surface area contributed by atoms with Gasteiger partial charge in [-0.15, -0.1) is 0 Å². The highest BCUT2D eigenvalue weighted by atomic mass is 32.2. The van der Waals surface area contributed by atoms with Gasteiger partial charge < -0.3 is 29.4 Å². The van der Waals surface area contributed by atoms with Crippen LogP contribution in [0.15, 0.2) is 126 Å². The summed E-state index contributed by atoms with van der Waals surface area (Å²) in [6, 6.07) is 26.3. The van der Waals surface area contributed by atoms with Gasteiger partial charge in [-0.3, -0.25) is 19.3 Å². The largest absolute Gasteiger partial charge is 0.481 e. The Balaban J connectivity index is 1.01. The molecule has 4 aromatic rings. The van der Waals surface area contributed by atoms with Crippen LogP contribution in [-0.2, 0) is 25.2 Å². The van der Waals surface area contributed by atoms with E-state index in [9.17, 15) is 19.5 Å². The van der Waals surface area contributed by atoms with Gasteiger partial charge in [0.05, 0.1) is 23.1 Å². The highest BCUT2D eigenvalue weighted by Crippen LogP contribution is 2.51. The quantitative estimate of drug-likeness (QED) is 0.130. The zero-order valence-corrected chi connectivity index (χ0v) is 35.9. The van der Waals surface area contributed by atoms with Crippen LogP contribution in [0.5, 0.6) is 5.75 Å². The molecule has 12 heteroatoms. The summed E-state index contributed by atoms with van der Waals surface area (Å²) in [4.78, 5) is 48.8. The minimum Gasteiger partial charge on any atom is -0.481 e. The highest BCUT2D eigenvalue weighted by Gasteiger charge is 2.44. The molecule has 0 aliphatic carbocycles.